The zero-order valence-electron chi connectivity index (χ0n) is 14.0. The number of hydrogen-bond donors (Lipinski definition) is 0. The second-order valence-corrected chi connectivity index (χ2v) is 6.37. The van der Waals surface area contributed by atoms with Gasteiger partial charge in [-0.05, 0) is 23.9 Å². The number of hydrogen-bond acceptors (Lipinski definition) is 8. The molecule has 2 aromatic rings. The van der Waals surface area contributed by atoms with Crippen LogP contribution in [0.3, 0.4) is 0 Å². The average molecular weight is 386 g/mol. The van der Waals surface area contributed by atoms with Crippen molar-refractivity contribution >= 4 is 40.9 Å². The number of imide groups is 1. The molecular weight excluding hydrogens is 374 g/mol. The number of furan rings is 1. The van der Waals surface area contributed by atoms with Crippen molar-refractivity contribution in [2.24, 2.45) is 0 Å². The zero-order valence-corrected chi connectivity index (χ0v) is 14.8. The fourth-order valence-corrected chi connectivity index (χ4v) is 3.23. The van der Waals surface area contributed by atoms with Crippen molar-refractivity contribution in [3.63, 3.8) is 0 Å². The maximum absolute atomic E-state index is 12.3. The Morgan fingerprint density at radius 2 is 1.96 bits per heavy atom. The van der Waals surface area contributed by atoms with Crippen molar-refractivity contribution in [1.29, 1.82) is 0 Å². The number of ether oxygens (including phenoxy) is 1. The molecule has 0 radical (unpaired) electrons. The Labute approximate surface area is 157 Å². The summed E-state index contributed by atoms with van der Waals surface area (Å²) in [5, 5.41) is 10.6. The molecule has 1 aliphatic rings. The predicted molar refractivity (Wildman–Crippen MR) is 93.2 cm³/mol. The number of carbonyl (C=O) groups excluding carboxylic acids is 4. The van der Waals surface area contributed by atoms with Gasteiger partial charge in [-0.2, -0.15) is 0 Å². The standard InChI is InChI=1S/C18H13NO7S/c1-25-15(20)9-19-16(21)14(27-18(19)24)8-10-6-7-13(26-10)11-4-2-3-5-12(11)17(22)23/h2-8H,9H2,1H3,(H,22,23)/p-1/b14-8-. The first-order chi connectivity index (χ1) is 12.9. The normalized spacial score (nSPS) is 15.4. The van der Waals surface area contributed by atoms with Gasteiger partial charge in [0.05, 0.1) is 18.0 Å². The highest BCUT2D eigenvalue weighted by molar-refractivity contribution is 8.18. The molecule has 0 unspecified atom stereocenters. The highest BCUT2D eigenvalue weighted by Crippen LogP contribution is 2.33. The molecule has 2 amide bonds. The average Bonchev–Trinajstić information content (AvgIpc) is 3.22. The van der Waals surface area contributed by atoms with Crippen molar-refractivity contribution in [1.82, 2.24) is 4.90 Å². The number of carboxylic acids is 1. The predicted octanol–water partition coefficient (Wildman–Crippen LogP) is 1.52. The first kappa shape index (κ1) is 18.5. The van der Waals surface area contributed by atoms with E-state index in [1.165, 1.54) is 18.2 Å². The Morgan fingerprint density at radius 1 is 1.22 bits per heavy atom. The summed E-state index contributed by atoms with van der Waals surface area (Å²) in [4.78, 5) is 47.5. The van der Waals surface area contributed by atoms with Crippen LogP contribution in [-0.2, 0) is 14.3 Å². The molecule has 0 bridgehead atoms. The van der Waals surface area contributed by atoms with Crippen LogP contribution < -0.4 is 5.11 Å². The second kappa shape index (κ2) is 7.50. The molecule has 1 fully saturated rings. The van der Waals surface area contributed by atoms with E-state index in [0.717, 1.165) is 12.0 Å². The molecule has 0 spiro atoms. The van der Waals surface area contributed by atoms with Crippen molar-refractivity contribution in [3.05, 3.63) is 52.6 Å². The van der Waals surface area contributed by atoms with E-state index in [1.54, 1.807) is 24.3 Å². The molecule has 138 valence electrons. The van der Waals surface area contributed by atoms with Crippen molar-refractivity contribution < 1.29 is 33.4 Å². The van der Waals surface area contributed by atoms with Crippen LogP contribution in [0.1, 0.15) is 16.1 Å². The largest absolute Gasteiger partial charge is 0.545 e. The van der Waals surface area contributed by atoms with Gasteiger partial charge in [0, 0.05) is 17.2 Å². The summed E-state index contributed by atoms with van der Waals surface area (Å²) >= 11 is 0.669. The lowest BCUT2D eigenvalue weighted by Crippen LogP contribution is -2.34. The van der Waals surface area contributed by atoms with E-state index in [9.17, 15) is 24.3 Å². The molecule has 0 N–H and O–H groups in total. The number of nitrogens with zero attached hydrogens (tertiary/aromatic N) is 1. The Kier molecular flexibility index (Phi) is 5.13. The van der Waals surface area contributed by atoms with Crippen LogP contribution in [0.4, 0.5) is 4.79 Å². The molecule has 3 rings (SSSR count). The lowest BCUT2D eigenvalue weighted by molar-refractivity contribution is -0.255. The molecule has 0 atom stereocenters. The fourth-order valence-electron chi connectivity index (χ4n) is 2.41. The third-order valence-electron chi connectivity index (χ3n) is 3.70. The van der Waals surface area contributed by atoms with E-state index in [0.29, 0.717) is 17.3 Å². The second-order valence-electron chi connectivity index (χ2n) is 5.38. The summed E-state index contributed by atoms with van der Waals surface area (Å²) in [7, 11) is 1.16. The number of methoxy groups -OCH3 is 1. The Morgan fingerprint density at radius 3 is 2.67 bits per heavy atom. The molecule has 1 aromatic heterocycles. The number of carbonyl (C=O) groups is 4. The van der Waals surface area contributed by atoms with Gasteiger partial charge < -0.3 is 19.1 Å². The maximum atomic E-state index is 12.3. The van der Waals surface area contributed by atoms with E-state index in [4.69, 9.17) is 4.42 Å². The number of rotatable bonds is 5. The zero-order chi connectivity index (χ0) is 19.6. The van der Waals surface area contributed by atoms with Gasteiger partial charge in [-0.15, -0.1) is 0 Å². The minimum atomic E-state index is -1.34. The van der Waals surface area contributed by atoms with Gasteiger partial charge in [-0.3, -0.25) is 19.3 Å². The van der Waals surface area contributed by atoms with Gasteiger partial charge in [-0.1, -0.05) is 24.3 Å². The first-order valence-electron chi connectivity index (χ1n) is 7.63. The number of benzene rings is 1. The van der Waals surface area contributed by atoms with E-state index in [1.807, 2.05) is 0 Å². The Bertz CT molecular complexity index is 976. The van der Waals surface area contributed by atoms with Crippen molar-refractivity contribution in [3.8, 4) is 11.3 Å². The quantitative estimate of drug-likeness (QED) is 0.561. The van der Waals surface area contributed by atoms with Crippen LogP contribution in [0.2, 0.25) is 0 Å². The summed E-state index contributed by atoms with van der Waals surface area (Å²) in [6.45, 7) is -0.471. The number of esters is 1. The van der Waals surface area contributed by atoms with E-state index in [2.05, 4.69) is 4.74 Å². The van der Waals surface area contributed by atoms with E-state index < -0.39 is 29.6 Å². The number of amides is 2. The van der Waals surface area contributed by atoms with Gasteiger partial charge in [0.15, 0.2) is 0 Å². The van der Waals surface area contributed by atoms with Gasteiger partial charge >= 0.3 is 5.97 Å². The number of aromatic carboxylic acids is 1. The van der Waals surface area contributed by atoms with Gasteiger partial charge in [0.1, 0.15) is 18.1 Å². The maximum Gasteiger partial charge on any atom is 0.325 e. The molecule has 0 saturated carbocycles. The molecule has 2 heterocycles. The minimum absolute atomic E-state index is 0.0307. The van der Waals surface area contributed by atoms with Crippen LogP contribution in [0.15, 0.2) is 45.7 Å². The van der Waals surface area contributed by atoms with E-state index in [-0.39, 0.29) is 22.0 Å². The minimum Gasteiger partial charge on any atom is -0.545 e. The molecule has 1 aromatic carbocycles. The number of carboxylic acid groups (broad SMARTS) is 1. The van der Waals surface area contributed by atoms with E-state index >= 15 is 0 Å². The molecule has 0 aliphatic carbocycles. The third-order valence-corrected chi connectivity index (χ3v) is 4.61. The lowest BCUT2D eigenvalue weighted by atomic mass is 10.1. The summed E-state index contributed by atoms with van der Waals surface area (Å²) in [6, 6.07) is 9.27. The van der Waals surface area contributed by atoms with Crippen LogP contribution in [0, 0.1) is 0 Å². The monoisotopic (exact) mass is 386 g/mol. The SMILES string of the molecule is COC(=O)CN1C(=O)S/C(=C\c2ccc(-c3ccccc3C(=O)[O-])o2)C1=O. The Balaban J connectivity index is 1.86. The topological polar surface area (TPSA) is 117 Å². The summed E-state index contributed by atoms with van der Waals surface area (Å²) in [5.41, 5.74) is 0.299. The first-order valence-corrected chi connectivity index (χ1v) is 8.45. The molecular formula is C18H12NO7S-. The van der Waals surface area contributed by atoms with Crippen molar-refractivity contribution in [2.45, 2.75) is 0 Å². The summed E-state index contributed by atoms with van der Waals surface area (Å²) < 4.78 is 10.0. The van der Waals surface area contributed by atoms with Gasteiger partial charge in [0.2, 0.25) is 0 Å². The van der Waals surface area contributed by atoms with Crippen molar-refractivity contribution in [2.75, 3.05) is 13.7 Å². The van der Waals surface area contributed by atoms with Gasteiger partial charge in [0.25, 0.3) is 11.1 Å². The fraction of sp³-hybridized carbons (Fsp3) is 0.111. The highest BCUT2D eigenvalue weighted by Gasteiger charge is 2.36. The summed E-state index contributed by atoms with van der Waals surface area (Å²) in [6.07, 6.45) is 1.35. The van der Waals surface area contributed by atoms with Crippen LogP contribution >= 0.6 is 11.8 Å². The van der Waals surface area contributed by atoms with Crippen LogP contribution in [-0.4, -0.2) is 41.6 Å². The van der Waals surface area contributed by atoms with Crippen LogP contribution in [0.25, 0.3) is 17.4 Å². The third kappa shape index (κ3) is 3.77. The molecule has 8 nitrogen and oxygen atoms in total. The van der Waals surface area contributed by atoms with Gasteiger partial charge in [-0.25, -0.2) is 0 Å². The molecule has 9 heteroatoms. The molecule has 1 saturated heterocycles. The summed E-state index contributed by atoms with van der Waals surface area (Å²) in [5.74, 6) is -2.16. The lowest BCUT2D eigenvalue weighted by Gasteiger charge is -2.09. The Hall–Kier alpha value is -3.33. The highest BCUT2D eigenvalue weighted by atomic mass is 32.2. The van der Waals surface area contributed by atoms with Crippen LogP contribution in [0.5, 0.6) is 0 Å². The molecule has 27 heavy (non-hydrogen) atoms. The number of thioether (sulfide) groups is 1. The smallest absolute Gasteiger partial charge is 0.325 e. The molecule has 1 aliphatic heterocycles.